The lowest BCUT2D eigenvalue weighted by Crippen LogP contribution is -2.41. The maximum atomic E-state index is 15.0. The van der Waals surface area contributed by atoms with Crippen LogP contribution in [-0.2, 0) is 16.0 Å². The average molecular weight is 811 g/mol. The van der Waals surface area contributed by atoms with Gasteiger partial charge in [0.1, 0.15) is 12.4 Å². The number of halogens is 4. The van der Waals surface area contributed by atoms with Gasteiger partial charge in [-0.25, -0.2) is 4.39 Å². The molecule has 1 unspecified atom stereocenters. The normalized spacial score (nSPS) is 14.6. The molecule has 0 spiro atoms. The lowest BCUT2D eigenvalue weighted by Gasteiger charge is -2.35. The van der Waals surface area contributed by atoms with Crippen LogP contribution < -0.4 is 5.32 Å². The summed E-state index contributed by atoms with van der Waals surface area (Å²) < 4.78 is 16.9. The molecule has 0 aliphatic carbocycles. The first kappa shape index (κ1) is 30.2. The molecule has 1 N–H and O–H groups in total. The number of alkyl halides is 1. The summed E-state index contributed by atoms with van der Waals surface area (Å²) in [6.07, 6.45) is 4.36. The van der Waals surface area contributed by atoms with Crippen molar-refractivity contribution in [2.45, 2.75) is 12.5 Å². The van der Waals surface area contributed by atoms with E-state index in [2.05, 4.69) is 43.4 Å². The van der Waals surface area contributed by atoms with Crippen molar-refractivity contribution < 1.29 is 18.8 Å². The molecular weight excluding hydrogens is 789 g/mol. The monoisotopic (exact) mass is 810 g/mol. The van der Waals surface area contributed by atoms with E-state index >= 15 is 4.39 Å². The van der Waals surface area contributed by atoms with Crippen LogP contribution in [-0.4, -0.2) is 58.2 Å². The number of aromatic nitrogens is 4. The lowest BCUT2D eigenvalue weighted by atomic mass is 9.86. The fraction of sp³-hybridized carbons (Fsp3) is 0.172. The Morgan fingerprint density at radius 3 is 2.60 bits per heavy atom. The zero-order valence-corrected chi connectivity index (χ0v) is 26.9. The largest absolute Gasteiger partial charge is 0.351 e. The van der Waals surface area contributed by atoms with Crippen LogP contribution in [0.15, 0.2) is 67.0 Å². The van der Waals surface area contributed by atoms with E-state index in [4.69, 9.17) is 11.6 Å². The Morgan fingerprint density at radius 2 is 1.90 bits per heavy atom. The number of tetrazole rings is 1. The van der Waals surface area contributed by atoms with Crippen LogP contribution in [0.2, 0.25) is 5.02 Å². The second-order valence-electron chi connectivity index (χ2n) is 9.27. The summed E-state index contributed by atoms with van der Waals surface area (Å²) in [4.78, 5) is 40.2. The summed E-state index contributed by atoms with van der Waals surface area (Å²) in [5.41, 5.74) is 4.43. The Balaban J connectivity index is 1.44. The van der Waals surface area contributed by atoms with E-state index in [1.807, 2.05) is 30.3 Å². The minimum Gasteiger partial charge on any atom is -0.351 e. The van der Waals surface area contributed by atoms with Crippen molar-refractivity contribution in [3.05, 3.63) is 100 Å². The van der Waals surface area contributed by atoms with Gasteiger partial charge in [-0.3, -0.25) is 14.4 Å². The molecule has 0 fully saturated rings. The van der Waals surface area contributed by atoms with Gasteiger partial charge in [-0.05, 0) is 69.4 Å². The predicted molar refractivity (Wildman–Crippen MR) is 173 cm³/mol. The van der Waals surface area contributed by atoms with Gasteiger partial charge in [0.15, 0.2) is 5.82 Å². The number of fused-ring (bicyclic) bond motifs is 1. The molecule has 4 aromatic rings. The first-order valence-corrected chi connectivity index (χ1v) is 15.7. The van der Waals surface area contributed by atoms with Crippen molar-refractivity contribution in [3.63, 3.8) is 0 Å². The number of benzene rings is 3. The van der Waals surface area contributed by atoms with Crippen molar-refractivity contribution in [3.8, 4) is 16.8 Å². The second kappa shape index (κ2) is 13.4. The van der Waals surface area contributed by atoms with Crippen LogP contribution in [0, 0.1) is 5.82 Å². The minimum absolute atomic E-state index is 0.0339. The molecule has 1 aliphatic rings. The topological polar surface area (TPSA) is 110 Å². The molecular formula is C29H22ClFI2N6O3. The molecule has 0 bridgehead atoms. The number of hydrogen-bond donors (Lipinski definition) is 1. The maximum absolute atomic E-state index is 15.0. The van der Waals surface area contributed by atoms with E-state index in [0.717, 1.165) is 26.7 Å². The first-order chi connectivity index (χ1) is 20.3. The molecule has 9 nitrogen and oxygen atoms in total. The van der Waals surface area contributed by atoms with Crippen molar-refractivity contribution in [1.82, 2.24) is 30.4 Å². The number of carbonyl (C=O) groups excluding carboxylic acids is 3. The summed E-state index contributed by atoms with van der Waals surface area (Å²) in [5, 5.41) is 13.7. The van der Waals surface area contributed by atoms with E-state index in [-0.39, 0.29) is 26.8 Å². The highest BCUT2D eigenvalue weighted by Crippen LogP contribution is 2.38. The smallest absolute Gasteiger partial charge is 0.251 e. The van der Waals surface area contributed by atoms with Gasteiger partial charge >= 0.3 is 0 Å². The van der Waals surface area contributed by atoms with E-state index < -0.39 is 17.8 Å². The van der Waals surface area contributed by atoms with Crippen molar-refractivity contribution in [2.24, 2.45) is 0 Å². The van der Waals surface area contributed by atoms with Crippen LogP contribution in [0.25, 0.3) is 22.9 Å². The minimum atomic E-state index is -0.826. The van der Waals surface area contributed by atoms with Crippen molar-refractivity contribution >= 4 is 78.5 Å². The van der Waals surface area contributed by atoms with E-state index in [0.29, 0.717) is 24.2 Å². The molecule has 214 valence electrons. The van der Waals surface area contributed by atoms with Crippen LogP contribution in [0.4, 0.5) is 4.39 Å². The van der Waals surface area contributed by atoms with E-state index in [9.17, 15) is 14.4 Å². The molecule has 2 heterocycles. The molecule has 1 aliphatic heterocycles. The van der Waals surface area contributed by atoms with Gasteiger partial charge in [-0.2, -0.15) is 4.68 Å². The molecule has 0 radical (unpaired) electrons. The summed E-state index contributed by atoms with van der Waals surface area (Å²) in [5.74, 6) is -1.31. The Labute approximate surface area is 272 Å². The molecule has 0 saturated carbocycles. The third kappa shape index (κ3) is 6.24. The van der Waals surface area contributed by atoms with Crippen LogP contribution in [0.3, 0.4) is 0 Å². The standard InChI is InChI=1S/C29H22ClFI2N6O3/c30-23-9-10-24(39-16-35-36-37-39)22(26(23)31)8-11-25(40)38-15-12-20-19(2-1-3-21(20)27(38)28(33)41)17-4-6-18(7-5-17)29(42)34-14-13-32/h1-11,16,27H,12-15H2,(H,34,42)/b11-8+. The molecule has 42 heavy (non-hydrogen) atoms. The number of nitrogens with zero attached hydrogens (tertiary/aromatic N) is 5. The zero-order chi connectivity index (χ0) is 29.8. The van der Waals surface area contributed by atoms with Gasteiger partial charge in [0.2, 0.25) is 9.70 Å². The maximum Gasteiger partial charge on any atom is 0.251 e. The molecule has 2 amide bonds. The van der Waals surface area contributed by atoms with Crippen molar-refractivity contribution in [2.75, 3.05) is 17.5 Å². The molecule has 0 saturated heterocycles. The summed E-state index contributed by atoms with van der Waals surface area (Å²) in [7, 11) is 0. The van der Waals surface area contributed by atoms with Gasteiger partial charge in [-0.1, -0.05) is 64.5 Å². The Morgan fingerprint density at radius 1 is 1.12 bits per heavy atom. The van der Waals surface area contributed by atoms with Gasteiger partial charge in [0, 0.05) is 57.3 Å². The van der Waals surface area contributed by atoms with Crippen LogP contribution in [0.5, 0.6) is 0 Å². The van der Waals surface area contributed by atoms with Gasteiger partial charge in [0.25, 0.3) is 5.91 Å². The summed E-state index contributed by atoms with van der Waals surface area (Å²) in [6, 6.07) is 15.1. The highest BCUT2D eigenvalue weighted by molar-refractivity contribution is 14.1. The fourth-order valence-corrected chi connectivity index (χ4v) is 6.03. The van der Waals surface area contributed by atoms with E-state index in [1.54, 1.807) is 40.8 Å². The third-order valence-corrected chi connectivity index (χ3v) is 8.28. The number of hydrogen-bond acceptors (Lipinski definition) is 6. The van der Waals surface area contributed by atoms with Gasteiger partial charge < -0.3 is 10.2 Å². The second-order valence-corrected chi connectivity index (χ2v) is 11.8. The number of carbonyl (C=O) groups is 3. The highest BCUT2D eigenvalue weighted by Gasteiger charge is 2.35. The van der Waals surface area contributed by atoms with Crippen molar-refractivity contribution in [1.29, 1.82) is 0 Å². The quantitative estimate of drug-likeness (QED) is 0.111. The van der Waals surface area contributed by atoms with Gasteiger partial charge in [-0.15, -0.1) is 5.10 Å². The van der Waals surface area contributed by atoms with E-state index in [1.165, 1.54) is 34.1 Å². The Bertz CT molecular complexity index is 1680. The molecule has 1 atom stereocenters. The first-order valence-electron chi connectivity index (χ1n) is 12.8. The summed E-state index contributed by atoms with van der Waals surface area (Å²) >= 11 is 9.93. The SMILES string of the molecule is O=C(NCCI)c1ccc(-c2cccc3c2CCN(C(=O)/C=C/c2c(-n4cnnn4)ccc(Cl)c2F)C3C(=O)I)cc1. The van der Waals surface area contributed by atoms with Crippen LogP contribution in [0.1, 0.15) is 33.1 Å². The Kier molecular flexibility index (Phi) is 9.63. The molecule has 1 aromatic heterocycles. The predicted octanol–water partition coefficient (Wildman–Crippen LogP) is 5.39. The zero-order valence-electron chi connectivity index (χ0n) is 21.8. The number of amides is 2. The molecule has 3 aromatic carbocycles. The highest BCUT2D eigenvalue weighted by atomic mass is 127. The summed E-state index contributed by atoms with van der Waals surface area (Å²) in [6.45, 7) is 0.874. The lowest BCUT2D eigenvalue weighted by molar-refractivity contribution is -0.133. The average Bonchev–Trinajstić information content (AvgIpc) is 3.54. The Hall–Kier alpha value is -3.24. The molecule has 5 rings (SSSR count). The van der Waals surface area contributed by atoms with Crippen LogP contribution >= 0.6 is 56.8 Å². The third-order valence-electron chi connectivity index (χ3n) is 6.86. The molecule has 13 heteroatoms. The fourth-order valence-electron chi connectivity index (χ4n) is 4.92. The number of nitrogens with one attached hydrogen (secondary N) is 1. The number of rotatable bonds is 8. The van der Waals surface area contributed by atoms with Gasteiger partial charge in [0.05, 0.1) is 10.7 Å².